The fourth-order valence-electron chi connectivity index (χ4n) is 1.68. The normalized spacial score (nSPS) is 10.4. The number of aromatic nitrogens is 3. The van der Waals surface area contributed by atoms with Gasteiger partial charge in [0.15, 0.2) is 5.69 Å². The Morgan fingerprint density at radius 3 is 3.00 bits per heavy atom. The summed E-state index contributed by atoms with van der Waals surface area (Å²) in [5.41, 5.74) is 7.21. The maximum atomic E-state index is 11.6. The van der Waals surface area contributed by atoms with Crippen molar-refractivity contribution in [2.45, 2.75) is 19.9 Å². The predicted molar refractivity (Wildman–Crippen MR) is 70.5 cm³/mol. The average molecular weight is 260 g/mol. The summed E-state index contributed by atoms with van der Waals surface area (Å²) in [7, 11) is 0. The summed E-state index contributed by atoms with van der Waals surface area (Å²) in [6.45, 7) is 2.66. The second-order valence-corrected chi connectivity index (χ2v) is 3.99. The van der Waals surface area contributed by atoms with Crippen LogP contribution in [-0.2, 0) is 17.7 Å². The van der Waals surface area contributed by atoms with Crippen LogP contribution in [-0.4, -0.2) is 27.3 Å². The number of nitrogens with zero attached hydrogens (tertiary/aromatic N) is 3. The minimum Gasteiger partial charge on any atom is -0.461 e. The molecule has 0 aliphatic carbocycles. The van der Waals surface area contributed by atoms with Gasteiger partial charge in [-0.05, 0) is 19.1 Å². The number of hydrogen-bond donors (Lipinski definition) is 1. The second-order valence-electron chi connectivity index (χ2n) is 3.99. The standard InChI is InChI=1S/C13H16N4O2/c1-2-19-13(18)12-11(14)9-17(16-12)8-6-10-5-3-4-7-15-10/h3-5,7,9H,2,6,8,14H2,1H3. The number of aryl methyl sites for hydroxylation is 2. The molecule has 0 fully saturated rings. The van der Waals surface area contributed by atoms with Gasteiger partial charge >= 0.3 is 5.97 Å². The molecular formula is C13H16N4O2. The SMILES string of the molecule is CCOC(=O)c1nn(CCc2ccccn2)cc1N. The van der Waals surface area contributed by atoms with Gasteiger partial charge in [0.05, 0.1) is 12.3 Å². The number of hydrogen-bond acceptors (Lipinski definition) is 5. The van der Waals surface area contributed by atoms with Crippen LogP contribution >= 0.6 is 0 Å². The smallest absolute Gasteiger partial charge is 0.361 e. The largest absolute Gasteiger partial charge is 0.461 e. The molecule has 2 rings (SSSR count). The van der Waals surface area contributed by atoms with E-state index in [-0.39, 0.29) is 5.69 Å². The maximum absolute atomic E-state index is 11.6. The number of esters is 1. The lowest BCUT2D eigenvalue weighted by Crippen LogP contribution is -2.09. The first-order valence-electron chi connectivity index (χ1n) is 6.10. The summed E-state index contributed by atoms with van der Waals surface area (Å²) in [6, 6.07) is 5.75. The van der Waals surface area contributed by atoms with Gasteiger partial charge in [0, 0.05) is 31.1 Å². The van der Waals surface area contributed by atoms with Gasteiger partial charge in [-0.25, -0.2) is 4.79 Å². The third-order valence-electron chi connectivity index (χ3n) is 2.58. The van der Waals surface area contributed by atoms with Gasteiger partial charge in [0.2, 0.25) is 0 Å². The van der Waals surface area contributed by atoms with Crippen molar-refractivity contribution in [3.63, 3.8) is 0 Å². The number of carbonyl (C=O) groups excluding carboxylic acids is 1. The summed E-state index contributed by atoms with van der Waals surface area (Å²) in [4.78, 5) is 15.8. The fraction of sp³-hybridized carbons (Fsp3) is 0.308. The summed E-state index contributed by atoms with van der Waals surface area (Å²) < 4.78 is 6.51. The topological polar surface area (TPSA) is 83.0 Å². The fourth-order valence-corrected chi connectivity index (χ4v) is 1.68. The lowest BCUT2D eigenvalue weighted by Gasteiger charge is -2.01. The van der Waals surface area contributed by atoms with Gasteiger partial charge in [-0.15, -0.1) is 0 Å². The van der Waals surface area contributed by atoms with Gasteiger partial charge in [-0.2, -0.15) is 5.10 Å². The van der Waals surface area contributed by atoms with Crippen LogP contribution in [0, 0.1) is 0 Å². The van der Waals surface area contributed by atoms with Crippen LogP contribution in [0.3, 0.4) is 0 Å². The Morgan fingerprint density at radius 1 is 1.47 bits per heavy atom. The summed E-state index contributed by atoms with van der Waals surface area (Å²) in [5, 5.41) is 4.13. The van der Waals surface area contributed by atoms with Crippen molar-refractivity contribution in [1.82, 2.24) is 14.8 Å². The Morgan fingerprint density at radius 2 is 2.32 bits per heavy atom. The van der Waals surface area contributed by atoms with E-state index in [4.69, 9.17) is 10.5 Å². The molecule has 0 radical (unpaired) electrons. The van der Waals surface area contributed by atoms with Crippen LogP contribution in [0.25, 0.3) is 0 Å². The van der Waals surface area contributed by atoms with Crippen molar-refractivity contribution in [3.8, 4) is 0 Å². The van der Waals surface area contributed by atoms with Gasteiger partial charge in [-0.1, -0.05) is 6.07 Å². The van der Waals surface area contributed by atoms with Crippen LogP contribution in [0.15, 0.2) is 30.6 Å². The van der Waals surface area contributed by atoms with E-state index in [1.165, 1.54) is 0 Å². The van der Waals surface area contributed by atoms with E-state index < -0.39 is 5.97 Å². The molecule has 0 aliphatic rings. The van der Waals surface area contributed by atoms with Gasteiger partial charge in [-0.3, -0.25) is 9.67 Å². The minimum absolute atomic E-state index is 0.169. The molecule has 0 spiro atoms. The molecule has 0 aromatic carbocycles. The predicted octanol–water partition coefficient (Wildman–Crippen LogP) is 1.28. The van der Waals surface area contributed by atoms with Crippen LogP contribution in [0.5, 0.6) is 0 Å². The first-order chi connectivity index (χ1) is 9.20. The lowest BCUT2D eigenvalue weighted by molar-refractivity contribution is 0.0519. The number of ether oxygens (including phenoxy) is 1. The zero-order chi connectivity index (χ0) is 13.7. The van der Waals surface area contributed by atoms with Crippen molar-refractivity contribution >= 4 is 11.7 Å². The number of pyridine rings is 1. The van der Waals surface area contributed by atoms with Crippen molar-refractivity contribution in [3.05, 3.63) is 42.0 Å². The molecular weight excluding hydrogens is 244 g/mol. The number of carbonyl (C=O) groups is 1. The van der Waals surface area contributed by atoms with Crippen LogP contribution in [0.1, 0.15) is 23.1 Å². The third-order valence-corrected chi connectivity index (χ3v) is 2.58. The monoisotopic (exact) mass is 260 g/mol. The molecule has 0 aliphatic heterocycles. The van der Waals surface area contributed by atoms with E-state index >= 15 is 0 Å². The van der Waals surface area contributed by atoms with E-state index in [0.717, 1.165) is 12.1 Å². The Labute approximate surface area is 111 Å². The minimum atomic E-state index is -0.489. The molecule has 0 amide bonds. The highest BCUT2D eigenvalue weighted by Gasteiger charge is 2.15. The first kappa shape index (κ1) is 13.1. The Hall–Kier alpha value is -2.37. The molecule has 2 aromatic rings. The van der Waals surface area contributed by atoms with Crippen molar-refractivity contribution in [2.24, 2.45) is 0 Å². The number of nitrogens with two attached hydrogens (primary N) is 1. The van der Waals surface area contributed by atoms with E-state index in [2.05, 4.69) is 10.1 Å². The van der Waals surface area contributed by atoms with Crippen molar-refractivity contribution in [1.29, 1.82) is 0 Å². The summed E-state index contributed by atoms with van der Waals surface area (Å²) in [5.74, 6) is -0.489. The van der Waals surface area contributed by atoms with E-state index in [0.29, 0.717) is 18.8 Å². The third kappa shape index (κ3) is 3.31. The highest BCUT2D eigenvalue weighted by Crippen LogP contribution is 2.11. The average Bonchev–Trinajstić information content (AvgIpc) is 2.79. The summed E-state index contributed by atoms with van der Waals surface area (Å²) in [6.07, 6.45) is 4.11. The molecule has 0 saturated heterocycles. The second kappa shape index (κ2) is 5.99. The zero-order valence-corrected chi connectivity index (χ0v) is 10.7. The van der Waals surface area contributed by atoms with Crippen molar-refractivity contribution in [2.75, 3.05) is 12.3 Å². The molecule has 2 heterocycles. The van der Waals surface area contributed by atoms with E-state index in [9.17, 15) is 4.79 Å². The number of anilines is 1. The van der Waals surface area contributed by atoms with Crippen LogP contribution < -0.4 is 5.73 Å². The van der Waals surface area contributed by atoms with Gasteiger partial charge in [0.25, 0.3) is 0 Å². The maximum Gasteiger partial charge on any atom is 0.361 e. The highest BCUT2D eigenvalue weighted by molar-refractivity contribution is 5.92. The molecule has 6 nitrogen and oxygen atoms in total. The molecule has 0 unspecified atom stereocenters. The molecule has 0 atom stereocenters. The van der Waals surface area contributed by atoms with Crippen LogP contribution in [0.4, 0.5) is 5.69 Å². The molecule has 0 saturated carbocycles. The van der Waals surface area contributed by atoms with Gasteiger partial charge in [0.1, 0.15) is 0 Å². The quantitative estimate of drug-likeness (QED) is 0.819. The Kier molecular flexibility index (Phi) is 4.12. The molecule has 2 aromatic heterocycles. The molecule has 2 N–H and O–H groups in total. The molecule has 0 bridgehead atoms. The number of nitrogen functional groups attached to an aromatic ring is 1. The van der Waals surface area contributed by atoms with Crippen LogP contribution in [0.2, 0.25) is 0 Å². The molecule has 19 heavy (non-hydrogen) atoms. The van der Waals surface area contributed by atoms with Gasteiger partial charge < -0.3 is 10.5 Å². The first-order valence-corrected chi connectivity index (χ1v) is 6.10. The van der Waals surface area contributed by atoms with E-state index in [1.807, 2.05) is 18.2 Å². The molecule has 6 heteroatoms. The van der Waals surface area contributed by atoms with Crippen molar-refractivity contribution < 1.29 is 9.53 Å². The highest BCUT2D eigenvalue weighted by atomic mass is 16.5. The Bertz CT molecular complexity index is 551. The van der Waals surface area contributed by atoms with E-state index in [1.54, 1.807) is 24.0 Å². The number of rotatable bonds is 5. The zero-order valence-electron chi connectivity index (χ0n) is 10.7. The summed E-state index contributed by atoms with van der Waals surface area (Å²) >= 11 is 0. The molecule has 100 valence electrons. The Balaban J connectivity index is 2.02. The lowest BCUT2D eigenvalue weighted by atomic mass is 10.3.